The molecule has 0 saturated heterocycles. The van der Waals surface area contributed by atoms with Crippen LogP contribution in [0.2, 0.25) is 0 Å². The molecular formula is C13H16FN3. The SMILES string of the molecule is Cc1ccc(NCCn2ccnc2C)cc1F. The van der Waals surface area contributed by atoms with E-state index in [0.717, 1.165) is 24.6 Å². The molecule has 2 rings (SSSR count). The molecule has 0 amide bonds. The van der Waals surface area contributed by atoms with Gasteiger partial charge in [0, 0.05) is 31.2 Å². The molecule has 1 aromatic heterocycles. The molecule has 4 heteroatoms. The number of benzene rings is 1. The Hall–Kier alpha value is -1.84. The van der Waals surface area contributed by atoms with Crippen LogP contribution in [0.5, 0.6) is 0 Å². The second kappa shape index (κ2) is 4.99. The fraction of sp³-hybridized carbons (Fsp3) is 0.308. The molecular weight excluding hydrogens is 217 g/mol. The lowest BCUT2D eigenvalue weighted by Gasteiger charge is -2.09. The summed E-state index contributed by atoms with van der Waals surface area (Å²) < 4.78 is 15.3. The molecule has 0 aliphatic carbocycles. The van der Waals surface area contributed by atoms with Gasteiger partial charge in [0.05, 0.1) is 0 Å². The minimum atomic E-state index is -0.172. The Kier molecular flexibility index (Phi) is 3.42. The Labute approximate surface area is 100 Å². The lowest BCUT2D eigenvalue weighted by molar-refractivity contribution is 0.618. The Balaban J connectivity index is 1.90. The van der Waals surface area contributed by atoms with Crippen molar-refractivity contribution in [1.29, 1.82) is 0 Å². The molecule has 1 aromatic carbocycles. The third-order valence-corrected chi connectivity index (χ3v) is 2.78. The summed E-state index contributed by atoms with van der Waals surface area (Å²) in [6.07, 6.45) is 3.72. The van der Waals surface area contributed by atoms with E-state index in [-0.39, 0.29) is 5.82 Å². The van der Waals surface area contributed by atoms with Crippen LogP contribution in [0.15, 0.2) is 30.6 Å². The van der Waals surface area contributed by atoms with Gasteiger partial charge in [-0.3, -0.25) is 0 Å². The summed E-state index contributed by atoms with van der Waals surface area (Å²) in [5.41, 5.74) is 1.48. The zero-order chi connectivity index (χ0) is 12.3. The van der Waals surface area contributed by atoms with E-state index in [4.69, 9.17) is 0 Å². The van der Waals surface area contributed by atoms with Gasteiger partial charge >= 0.3 is 0 Å². The first-order valence-corrected chi connectivity index (χ1v) is 5.64. The maximum absolute atomic E-state index is 13.3. The first-order valence-electron chi connectivity index (χ1n) is 5.64. The van der Waals surface area contributed by atoms with Gasteiger partial charge in [0.1, 0.15) is 11.6 Å². The Bertz CT molecular complexity index is 505. The van der Waals surface area contributed by atoms with Crippen LogP contribution in [-0.2, 0) is 6.54 Å². The number of imidazole rings is 1. The first-order chi connectivity index (χ1) is 8.16. The van der Waals surface area contributed by atoms with E-state index in [1.807, 2.05) is 19.2 Å². The topological polar surface area (TPSA) is 29.9 Å². The molecule has 2 aromatic rings. The number of nitrogens with one attached hydrogen (secondary N) is 1. The molecule has 17 heavy (non-hydrogen) atoms. The molecule has 90 valence electrons. The lowest BCUT2D eigenvalue weighted by atomic mass is 10.2. The van der Waals surface area contributed by atoms with Gasteiger partial charge in [-0.25, -0.2) is 9.37 Å². The Morgan fingerprint density at radius 1 is 1.35 bits per heavy atom. The number of aryl methyl sites for hydroxylation is 2. The zero-order valence-electron chi connectivity index (χ0n) is 10.1. The number of rotatable bonds is 4. The fourth-order valence-electron chi connectivity index (χ4n) is 1.66. The monoisotopic (exact) mass is 233 g/mol. The van der Waals surface area contributed by atoms with Crippen LogP contribution in [0.4, 0.5) is 10.1 Å². The van der Waals surface area contributed by atoms with Gasteiger partial charge in [-0.1, -0.05) is 6.07 Å². The van der Waals surface area contributed by atoms with Crippen molar-refractivity contribution in [3.63, 3.8) is 0 Å². The van der Waals surface area contributed by atoms with Crippen molar-refractivity contribution in [2.75, 3.05) is 11.9 Å². The molecule has 0 aliphatic heterocycles. The summed E-state index contributed by atoms with van der Waals surface area (Å²) in [4.78, 5) is 4.14. The second-order valence-corrected chi connectivity index (χ2v) is 4.06. The average molecular weight is 233 g/mol. The third-order valence-electron chi connectivity index (χ3n) is 2.78. The van der Waals surface area contributed by atoms with E-state index in [0.29, 0.717) is 5.56 Å². The van der Waals surface area contributed by atoms with E-state index in [2.05, 4.69) is 14.9 Å². The number of anilines is 1. The molecule has 0 bridgehead atoms. The van der Waals surface area contributed by atoms with Crippen LogP contribution in [0.25, 0.3) is 0 Å². The van der Waals surface area contributed by atoms with Crippen molar-refractivity contribution >= 4 is 5.69 Å². The first kappa shape index (κ1) is 11.6. The molecule has 1 N–H and O–H groups in total. The highest BCUT2D eigenvalue weighted by Gasteiger charge is 1.99. The van der Waals surface area contributed by atoms with Crippen LogP contribution >= 0.6 is 0 Å². The van der Waals surface area contributed by atoms with E-state index in [9.17, 15) is 4.39 Å². The van der Waals surface area contributed by atoms with E-state index < -0.39 is 0 Å². The smallest absolute Gasteiger partial charge is 0.128 e. The summed E-state index contributed by atoms with van der Waals surface area (Å²) in [5, 5.41) is 3.19. The molecule has 0 saturated carbocycles. The van der Waals surface area contributed by atoms with Crippen molar-refractivity contribution < 1.29 is 4.39 Å². The number of hydrogen-bond acceptors (Lipinski definition) is 2. The van der Waals surface area contributed by atoms with Crippen molar-refractivity contribution in [1.82, 2.24) is 9.55 Å². The summed E-state index contributed by atoms with van der Waals surface area (Å²) in [6.45, 7) is 5.29. The van der Waals surface area contributed by atoms with Crippen LogP contribution in [0.3, 0.4) is 0 Å². The van der Waals surface area contributed by atoms with Gasteiger partial charge in [0.2, 0.25) is 0 Å². The van der Waals surface area contributed by atoms with Crippen LogP contribution in [0, 0.1) is 19.7 Å². The van der Waals surface area contributed by atoms with Crippen LogP contribution < -0.4 is 5.32 Å². The van der Waals surface area contributed by atoms with Gasteiger partial charge in [0.15, 0.2) is 0 Å². The van der Waals surface area contributed by atoms with Gasteiger partial charge in [-0.05, 0) is 31.5 Å². The Morgan fingerprint density at radius 3 is 2.82 bits per heavy atom. The van der Waals surface area contributed by atoms with E-state index in [1.165, 1.54) is 6.07 Å². The molecule has 0 fully saturated rings. The zero-order valence-corrected chi connectivity index (χ0v) is 10.1. The van der Waals surface area contributed by atoms with Crippen molar-refractivity contribution in [3.8, 4) is 0 Å². The Morgan fingerprint density at radius 2 is 2.18 bits per heavy atom. The third kappa shape index (κ3) is 2.84. The minimum Gasteiger partial charge on any atom is -0.383 e. The quantitative estimate of drug-likeness (QED) is 0.880. The molecule has 0 spiro atoms. The highest BCUT2D eigenvalue weighted by Crippen LogP contribution is 2.13. The number of halogens is 1. The van der Waals surface area contributed by atoms with Gasteiger partial charge in [-0.15, -0.1) is 0 Å². The maximum Gasteiger partial charge on any atom is 0.128 e. The predicted molar refractivity (Wildman–Crippen MR) is 66.6 cm³/mol. The average Bonchev–Trinajstić information content (AvgIpc) is 2.70. The normalized spacial score (nSPS) is 10.5. The lowest BCUT2D eigenvalue weighted by Crippen LogP contribution is -2.11. The van der Waals surface area contributed by atoms with Crippen molar-refractivity contribution in [2.24, 2.45) is 0 Å². The molecule has 1 heterocycles. The predicted octanol–water partition coefficient (Wildman–Crippen LogP) is 2.75. The second-order valence-electron chi connectivity index (χ2n) is 4.06. The van der Waals surface area contributed by atoms with Gasteiger partial charge < -0.3 is 9.88 Å². The van der Waals surface area contributed by atoms with Crippen molar-refractivity contribution in [3.05, 3.63) is 47.8 Å². The molecule has 3 nitrogen and oxygen atoms in total. The van der Waals surface area contributed by atoms with E-state index >= 15 is 0 Å². The summed E-state index contributed by atoms with van der Waals surface area (Å²) in [5.74, 6) is 0.815. The highest BCUT2D eigenvalue weighted by molar-refractivity contribution is 5.44. The number of hydrogen-bond donors (Lipinski definition) is 1. The molecule has 0 aliphatic rings. The molecule has 0 atom stereocenters. The maximum atomic E-state index is 13.3. The van der Waals surface area contributed by atoms with E-state index in [1.54, 1.807) is 19.2 Å². The largest absolute Gasteiger partial charge is 0.383 e. The van der Waals surface area contributed by atoms with Gasteiger partial charge in [-0.2, -0.15) is 0 Å². The van der Waals surface area contributed by atoms with Crippen molar-refractivity contribution in [2.45, 2.75) is 20.4 Å². The van der Waals surface area contributed by atoms with Gasteiger partial charge in [0.25, 0.3) is 0 Å². The highest BCUT2D eigenvalue weighted by atomic mass is 19.1. The summed E-state index contributed by atoms with van der Waals surface area (Å²) in [6, 6.07) is 5.19. The number of nitrogens with zero attached hydrogens (tertiary/aromatic N) is 2. The summed E-state index contributed by atoms with van der Waals surface area (Å²) >= 11 is 0. The number of aromatic nitrogens is 2. The van der Waals surface area contributed by atoms with Crippen LogP contribution in [-0.4, -0.2) is 16.1 Å². The standard InChI is InChI=1S/C13H16FN3/c1-10-3-4-12(9-13(10)14)16-6-8-17-7-5-15-11(17)2/h3-5,7,9,16H,6,8H2,1-2H3. The minimum absolute atomic E-state index is 0.172. The van der Waals surface area contributed by atoms with Crippen LogP contribution in [0.1, 0.15) is 11.4 Å². The molecule has 0 radical (unpaired) electrons. The molecule has 0 unspecified atom stereocenters. The fourth-order valence-corrected chi connectivity index (χ4v) is 1.66. The summed E-state index contributed by atoms with van der Waals surface area (Å²) in [7, 11) is 0.